The Morgan fingerprint density at radius 1 is 1.30 bits per heavy atom. The Morgan fingerprint density at radius 3 is 2.83 bits per heavy atom. The summed E-state index contributed by atoms with van der Waals surface area (Å²) in [7, 11) is 1.59. The summed E-state index contributed by atoms with van der Waals surface area (Å²) >= 11 is 0. The van der Waals surface area contributed by atoms with E-state index in [1.54, 1.807) is 13.2 Å². The van der Waals surface area contributed by atoms with E-state index in [0.29, 0.717) is 12.3 Å². The summed E-state index contributed by atoms with van der Waals surface area (Å²) in [5, 5.41) is 15.7. The molecule has 0 unspecified atom stereocenters. The predicted octanol–water partition coefficient (Wildman–Crippen LogP) is 2.09. The zero-order valence-corrected chi connectivity index (χ0v) is 13.8. The fourth-order valence-corrected chi connectivity index (χ4v) is 2.77. The molecule has 1 saturated carbocycles. The molecule has 1 amide bonds. The molecule has 6 nitrogen and oxygen atoms in total. The van der Waals surface area contributed by atoms with Crippen molar-refractivity contribution in [3.8, 4) is 5.88 Å². The van der Waals surface area contributed by atoms with E-state index < -0.39 is 0 Å². The summed E-state index contributed by atoms with van der Waals surface area (Å²) in [6.45, 7) is 0.781. The summed E-state index contributed by atoms with van der Waals surface area (Å²) in [5.74, 6) is 1.49. The van der Waals surface area contributed by atoms with E-state index in [1.165, 1.54) is 0 Å². The number of amides is 1. The number of rotatable bonds is 8. The second kappa shape index (κ2) is 9.35. The standard InChI is InChI=1S/C17H27N3O3/c1-23-17-7-4-5-15(20-17)18-12-3-2-6-16(22)19-13-8-10-14(21)11-9-13/h4-5,7,13-14,21H,2-3,6,8-12H2,1H3,(H,18,20)(H,19,22). The van der Waals surface area contributed by atoms with Gasteiger partial charge < -0.3 is 20.5 Å². The molecular formula is C17H27N3O3. The fourth-order valence-electron chi connectivity index (χ4n) is 2.77. The molecule has 1 heterocycles. The van der Waals surface area contributed by atoms with Crippen LogP contribution in [0.3, 0.4) is 0 Å². The van der Waals surface area contributed by atoms with Crippen LogP contribution in [0.4, 0.5) is 5.82 Å². The monoisotopic (exact) mass is 321 g/mol. The van der Waals surface area contributed by atoms with Gasteiger partial charge in [0, 0.05) is 25.1 Å². The molecule has 128 valence electrons. The van der Waals surface area contributed by atoms with Gasteiger partial charge in [-0.05, 0) is 44.6 Å². The number of aliphatic hydroxyl groups is 1. The molecule has 1 fully saturated rings. The minimum absolute atomic E-state index is 0.117. The lowest BCUT2D eigenvalue weighted by molar-refractivity contribution is -0.122. The maximum absolute atomic E-state index is 11.9. The van der Waals surface area contributed by atoms with Crippen molar-refractivity contribution in [2.45, 2.75) is 57.1 Å². The number of hydrogen-bond acceptors (Lipinski definition) is 5. The van der Waals surface area contributed by atoms with Crippen molar-refractivity contribution in [2.75, 3.05) is 19.0 Å². The third kappa shape index (κ3) is 6.44. The van der Waals surface area contributed by atoms with Gasteiger partial charge in [-0.2, -0.15) is 4.98 Å². The summed E-state index contributed by atoms with van der Waals surface area (Å²) < 4.78 is 5.07. The Bertz CT molecular complexity index is 488. The number of hydrogen-bond donors (Lipinski definition) is 3. The van der Waals surface area contributed by atoms with Crippen LogP contribution in [0.25, 0.3) is 0 Å². The number of aliphatic hydroxyl groups excluding tert-OH is 1. The minimum Gasteiger partial charge on any atom is -0.481 e. The summed E-state index contributed by atoms with van der Waals surface area (Å²) in [6, 6.07) is 5.83. The van der Waals surface area contributed by atoms with Crippen LogP contribution in [0, 0.1) is 0 Å². The molecule has 0 saturated heterocycles. The topological polar surface area (TPSA) is 83.5 Å². The van der Waals surface area contributed by atoms with E-state index in [4.69, 9.17) is 4.74 Å². The average Bonchev–Trinajstić information content (AvgIpc) is 2.57. The van der Waals surface area contributed by atoms with Gasteiger partial charge in [-0.3, -0.25) is 4.79 Å². The number of anilines is 1. The lowest BCUT2D eigenvalue weighted by Crippen LogP contribution is -2.38. The Morgan fingerprint density at radius 2 is 2.09 bits per heavy atom. The van der Waals surface area contributed by atoms with Gasteiger partial charge >= 0.3 is 0 Å². The lowest BCUT2D eigenvalue weighted by Gasteiger charge is -2.26. The molecule has 3 N–H and O–H groups in total. The molecule has 0 radical (unpaired) electrons. The first-order valence-corrected chi connectivity index (χ1v) is 8.39. The third-order valence-electron chi connectivity index (χ3n) is 4.13. The molecule has 1 aromatic heterocycles. The van der Waals surface area contributed by atoms with Crippen LogP contribution in [-0.4, -0.2) is 41.8 Å². The SMILES string of the molecule is COc1cccc(NCCCCC(=O)NC2CCC(O)CC2)n1. The molecule has 6 heteroatoms. The fraction of sp³-hybridized carbons (Fsp3) is 0.647. The van der Waals surface area contributed by atoms with Gasteiger partial charge in [-0.25, -0.2) is 0 Å². The van der Waals surface area contributed by atoms with Crippen LogP contribution >= 0.6 is 0 Å². The molecule has 0 atom stereocenters. The van der Waals surface area contributed by atoms with Gasteiger partial charge in [0.25, 0.3) is 0 Å². The number of carbonyl (C=O) groups is 1. The highest BCUT2D eigenvalue weighted by atomic mass is 16.5. The van der Waals surface area contributed by atoms with Crippen molar-refractivity contribution >= 4 is 11.7 Å². The normalized spacial score (nSPS) is 20.8. The Hall–Kier alpha value is -1.82. The molecule has 2 rings (SSSR count). The molecule has 1 aliphatic carbocycles. The molecule has 0 spiro atoms. The zero-order valence-electron chi connectivity index (χ0n) is 13.8. The highest BCUT2D eigenvalue weighted by Gasteiger charge is 2.20. The van der Waals surface area contributed by atoms with Gasteiger partial charge in [-0.1, -0.05) is 6.07 Å². The Balaban J connectivity index is 1.55. The maximum Gasteiger partial charge on any atom is 0.220 e. The minimum atomic E-state index is -0.181. The Kier molecular flexibility index (Phi) is 7.13. The Labute approximate surface area is 137 Å². The van der Waals surface area contributed by atoms with Gasteiger partial charge in [0.2, 0.25) is 11.8 Å². The number of nitrogens with one attached hydrogen (secondary N) is 2. The largest absolute Gasteiger partial charge is 0.481 e. The van der Waals surface area contributed by atoms with Crippen molar-refractivity contribution in [1.82, 2.24) is 10.3 Å². The summed E-state index contributed by atoms with van der Waals surface area (Å²) in [6.07, 6.45) is 5.48. The number of aromatic nitrogens is 1. The first-order valence-electron chi connectivity index (χ1n) is 8.39. The van der Waals surface area contributed by atoms with E-state index in [1.807, 2.05) is 12.1 Å². The summed E-state index contributed by atoms with van der Waals surface area (Å²) in [5.41, 5.74) is 0. The van der Waals surface area contributed by atoms with Crippen molar-refractivity contribution in [1.29, 1.82) is 0 Å². The first kappa shape index (κ1) is 17.5. The van der Waals surface area contributed by atoms with Crippen molar-refractivity contribution < 1.29 is 14.6 Å². The van der Waals surface area contributed by atoms with E-state index in [9.17, 15) is 9.90 Å². The third-order valence-corrected chi connectivity index (χ3v) is 4.13. The molecular weight excluding hydrogens is 294 g/mol. The second-order valence-corrected chi connectivity index (χ2v) is 6.02. The van der Waals surface area contributed by atoms with Gasteiger partial charge in [0.05, 0.1) is 13.2 Å². The van der Waals surface area contributed by atoms with Crippen LogP contribution in [0.2, 0.25) is 0 Å². The first-order chi connectivity index (χ1) is 11.2. The number of pyridine rings is 1. The highest BCUT2D eigenvalue weighted by molar-refractivity contribution is 5.76. The van der Waals surface area contributed by atoms with Crippen LogP contribution in [0.15, 0.2) is 18.2 Å². The number of unbranched alkanes of at least 4 members (excludes halogenated alkanes) is 1. The molecule has 0 aliphatic heterocycles. The van der Waals surface area contributed by atoms with E-state index >= 15 is 0 Å². The predicted molar refractivity (Wildman–Crippen MR) is 89.5 cm³/mol. The van der Waals surface area contributed by atoms with Crippen LogP contribution in [0.5, 0.6) is 5.88 Å². The van der Waals surface area contributed by atoms with Crippen LogP contribution in [-0.2, 0) is 4.79 Å². The number of carbonyl (C=O) groups excluding carboxylic acids is 1. The molecule has 0 bridgehead atoms. The quantitative estimate of drug-likeness (QED) is 0.639. The van der Waals surface area contributed by atoms with E-state index in [0.717, 1.165) is 50.9 Å². The molecule has 0 aromatic carbocycles. The number of ether oxygens (including phenoxy) is 1. The zero-order chi connectivity index (χ0) is 16.5. The average molecular weight is 321 g/mol. The van der Waals surface area contributed by atoms with E-state index in [-0.39, 0.29) is 18.1 Å². The summed E-state index contributed by atoms with van der Waals surface area (Å²) in [4.78, 5) is 16.2. The second-order valence-electron chi connectivity index (χ2n) is 6.02. The van der Waals surface area contributed by atoms with Gasteiger partial charge in [0.15, 0.2) is 0 Å². The van der Waals surface area contributed by atoms with Crippen LogP contribution in [0.1, 0.15) is 44.9 Å². The van der Waals surface area contributed by atoms with Gasteiger partial charge in [-0.15, -0.1) is 0 Å². The lowest BCUT2D eigenvalue weighted by atomic mass is 9.93. The highest BCUT2D eigenvalue weighted by Crippen LogP contribution is 2.18. The molecule has 23 heavy (non-hydrogen) atoms. The van der Waals surface area contributed by atoms with Crippen molar-refractivity contribution in [3.05, 3.63) is 18.2 Å². The van der Waals surface area contributed by atoms with Crippen LogP contribution < -0.4 is 15.4 Å². The molecule has 1 aromatic rings. The maximum atomic E-state index is 11.9. The van der Waals surface area contributed by atoms with E-state index in [2.05, 4.69) is 15.6 Å². The van der Waals surface area contributed by atoms with Crippen molar-refractivity contribution in [3.63, 3.8) is 0 Å². The number of methoxy groups -OCH3 is 1. The number of nitrogens with zero attached hydrogens (tertiary/aromatic N) is 1. The van der Waals surface area contributed by atoms with Crippen molar-refractivity contribution in [2.24, 2.45) is 0 Å². The molecule has 1 aliphatic rings. The smallest absolute Gasteiger partial charge is 0.220 e. The van der Waals surface area contributed by atoms with Gasteiger partial charge in [0.1, 0.15) is 5.82 Å².